The number of nitrogens with one attached hydrogen (secondary N) is 1. The van der Waals surface area contributed by atoms with Crippen molar-refractivity contribution in [3.8, 4) is 0 Å². The van der Waals surface area contributed by atoms with Crippen LogP contribution >= 0.6 is 0 Å². The Morgan fingerprint density at radius 1 is 1.05 bits per heavy atom. The van der Waals surface area contributed by atoms with Gasteiger partial charge in [0.15, 0.2) is 0 Å². The Morgan fingerprint density at radius 3 is 2.00 bits per heavy atom. The third-order valence-corrected chi connectivity index (χ3v) is 5.18. The maximum atomic E-state index is 12.0. The van der Waals surface area contributed by atoms with Crippen LogP contribution in [0.1, 0.15) is 25.5 Å². The van der Waals surface area contributed by atoms with Gasteiger partial charge in [0.2, 0.25) is 10.0 Å². The van der Waals surface area contributed by atoms with Gasteiger partial charge in [0, 0.05) is 32.4 Å². The van der Waals surface area contributed by atoms with E-state index in [1.807, 2.05) is 51.8 Å². The van der Waals surface area contributed by atoms with Gasteiger partial charge in [-0.3, -0.25) is 0 Å². The standard InChI is InChI=1S/C16H29N3O2S/c1-13(2)12-22(20,21)17-11-16(19(5)6)14-7-9-15(10-8-14)18(3)4/h7-10,13,16-17H,11-12H2,1-6H3/t16-/m1/s1. The SMILES string of the molecule is CC(C)CS(=O)(=O)NC[C@H](c1ccc(N(C)C)cc1)N(C)C. The van der Waals surface area contributed by atoms with E-state index in [-0.39, 0.29) is 17.7 Å². The third-order valence-electron chi connectivity index (χ3n) is 3.47. The highest BCUT2D eigenvalue weighted by Gasteiger charge is 2.19. The van der Waals surface area contributed by atoms with Gasteiger partial charge in [-0.25, -0.2) is 13.1 Å². The van der Waals surface area contributed by atoms with Crippen LogP contribution in [0, 0.1) is 5.92 Å². The van der Waals surface area contributed by atoms with Gasteiger partial charge in [0.05, 0.1) is 5.75 Å². The molecule has 0 fully saturated rings. The minimum atomic E-state index is -3.22. The molecule has 126 valence electrons. The van der Waals surface area contributed by atoms with Crippen LogP contribution in [0.15, 0.2) is 24.3 Å². The molecule has 1 atom stereocenters. The molecule has 6 heteroatoms. The van der Waals surface area contributed by atoms with Gasteiger partial charge in [-0.15, -0.1) is 0 Å². The average Bonchev–Trinajstić information content (AvgIpc) is 2.37. The van der Waals surface area contributed by atoms with Crippen LogP contribution in [0.4, 0.5) is 5.69 Å². The smallest absolute Gasteiger partial charge is 0.211 e. The predicted octanol–water partition coefficient (Wildman–Crippen LogP) is 1.93. The van der Waals surface area contributed by atoms with E-state index in [0.717, 1.165) is 11.3 Å². The monoisotopic (exact) mass is 327 g/mol. The fourth-order valence-electron chi connectivity index (χ4n) is 2.30. The minimum Gasteiger partial charge on any atom is -0.378 e. The zero-order valence-electron chi connectivity index (χ0n) is 14.5. The van der Waals surface area contributed by atoms with Crippen LogP contribution in [0.25, 0.3) is 0 Å². The summed E-state index contributed by atoms with van der Waals surface area (Å²) in [6.07, 6.45) is 0. The summed E-state index contributed by atoms with van der Waals surface area (Å²) in [5.41, 5.74) is 2.23. The lowest BCUT2D eigenvalue weighted by Crippen LogP contribution is -2.36. The van der Waals surface area contributed by atoms with Crippen LogP contribution in [-0.4, -0.2) is 53.8 Å². The minimum absolute atomic E-state index is 0.0122. The van der Waals surface area contributed by atoms with E-state index in [9.17, 15) is 8.42 Å². The number of benzene rings is 1. The predicted molar refractivity (Wildman–Crippen MR) is 93.8 cm³/mol. The Balaban J connectivity index is 2.82. The van der Waals surface area contributed by atoms with E-state index in [2.05, 4.69) is 29.0 Å². The van der Waals surface area contributed by atoms with Gasteiger partial charge >= 0.3 is 0 Å². The first kappa shape index (κ1) is 18.9. The van der Waals surface area contributed by atoms with E-state index in [0.29, 0.717) is 6.54 Å². The summed E-state index contributed by atoms with van der Waals surface area (Å²) in [5, 5.41) is 0. The number of likely N-dealkylation sites (N-methyl/N-ethyl adjacent to an activating group) is 1. The molecule has 0 heterocycles. The summed E-state index contributed by atoms with van der Waals surface area (Å²) >= 11 is 0. The molecule has 1 N–H and O–H groups in total. The Hall–Kier alpha value is -1.11. The molecule has 0 radical (unpaired) electrons. The number of rotatable bonds is 8. The lowest BCUT2D eigenvalue weighted by atomic mass is 10.1. The highest BCUT2D eigenvalue weighted by molar-refractivity contribution is 7.89. The molecule has 0 aliphatic rings. The second kappa shape index (κ2) is 7.94. The summed E-state index contributed by atoms with van der Waals surface area (Å²) in [4.78, 5) is 4.07. The zero-order valence-corrected chi connectivity index (χ0v) is 15.3. The van der Waals surface area contributed by atoms with Crippen molar-refractivity contribution in [2.24, 2.45) is 5.92 Å². The molecule has 1 rings (SSSR count). The van der Waals surface area contributed by atoms with Crippen molar-refractivity contribution in [3.63, 3.8) is 0 Å². The van der Waals surface area contributed by atoms with E-state index in [4.69, 9.17) is 0 Å². The maximum absolute atomic E-state index is 12.0. The van der Waals surface area contributed by atoms with Gasteiger partial charge in [-0.05, 0) is 37.7 Å². The van der Waals surface area contributed by atoms with Crippen LogP contribution in [-0.2, 0) is 10.0 Å². The molecule has 0 bridgehead atoms. The third kappa shape index (κ3) is 5.94. The van der Waals surface area contributed by atoms with Crippen molar-refractivity contribution in [1.29, 1.82) is 0 Å². The molecule has 0 unspecified atom stereocenters. The summed E-state index contributed by atoms with van der Waals surface area (Å²) in [5.74, 6) is 0.280. The summed E-state index contributed by atoms with van der Waals surface area (Å²) in [6.45, 7) is 4.19. The van der Waals surface area contributed by atoms with Gasteiger partial charge in [0.1, 0.15) is 0 Å². The molecular weight excluding hydrogens is 298 g/mol. The van der Waals surface area contributed by atoms with E-state index in [1.165, 1.54) is 0 Å². The quantitative estimate of drug-likeness (QED) is 0.793. The molecule has 0 aliphatic heterocycles. The molecule has 0 aliphatic carbocycles. The summed E-state index contributed by atoms with van der Waals surface area (Å²) < 4.78 is 26.7. The Labute approximate surface area is 135 Å². The topological polar surface area (TPSA) is 52.7 Å². The Bertz CT molecular complexity index is 551. The number of anilines is 1. The molecule has 1 aromatic rings. The number of hydrogen-bond donors (Lipinski definition) is 1. The fourth-order valence-corrected chi connectivity index (χ4v) is 3.70. The van der Waals surface area contributed by atoms with Crippen LogP contribution < -0.4 is 9.62 Å². The van der Waals surface area contributed by atoms with Crippen LogP contribution in [0.2, 0.25) is 0 Å². The lowest BCUT2D eigenvalue weighted by molar-refractivity contribution is 0.299. The highest BCUT2D eigenvalue weighted by Crippen LogP contribution is 2.21. The molecule has 0 amide bonds. The van der Waals surface area contributed by atoms with Crippen LogP contribution in [0.5, 0.6) is 0 Å². The van der Waals surface area contributed by atoms with Crippen molar-refractivity contribution in [2.45, 2.75) is 19.9 Å². The first-order valence-corrected chi connectivity index (χ1v) is 9.18. The largest absolute Gasteiger partial charge is 0.378 e. The first-order valence-electron chi connectivity index (χ1n) is 7.53. The second-order valence-electron chi connectivity index (χ2n) is 6.49. The molecule has 22 heavy (non-hydrogen) atoms. The summed E-state index contributed by atoms with van der Waals surface area (Å²) in [7, 11) is 4.69. The second-order valence-corrected chi connectivity index (χ2v) is 8.34. The molecule has 0 saturated heterocycles. The van der Waals surface area contributed by atoms with Gasteiger partial charge in [0.25, 0.3) is 0 Å². The molecule has 5 nitrogen and oxygen atoms in total. The lowest BCUT2D eigenvalue weighted by Gasteiger charge is -2.26. The van der Waals surface area contributed by atoms with Gasteiger partial charge in [-0.1, -0.05) is 26.0 Å². The van der Waals surface area contributed by atoms with E-state index >= 15 is 0 Å². The zero-order chi connectivity index (χ0) is 16.9. The first-order chi connectivity index (χ1) is 10.1. The number of sulfonamides is 1. The molecular formula is C16H29N3O2S. The number of hydrogen-bond acceptors (Lipinski definition) is 4. The summed E-state index contributed by atoms with van der Waals surface area (Å²) in [6, 6.07) is 8.22. The highest BCUT2D eigenvalue weighted by atomic mass is 32.2. The van der Waals surface area contributed by atoms with Crippen molar-refractivity contribution < 1.29 is 8.42 Å². The average molecular weight is 327 g/mol. The molecule has 1 aromatic carbocycles. The molecule has 0 aromatic heterocycles. The van der Waals surface area contributed by atoms with Crippen molar-refractivity contribution in [1.82, 2.24) is 9.62 Å². The van der Waals surface area contributed by atoms with Gasteiger partial charge < -0.3 is 9.80 Å². The van der Waals surface area contributed by atoms with Crippen LogP contribution in [0.3, 0.4) is 0 Å². The number of nitrogens with zero attached hydrogens (tertiary/aromatic N) is 2. The normalized spacial score (nSPS) is 13.6. The van der Waals surface area contributed by atoms with Crippen molar-refractivity contribution in [2.75, 3.05) is 45.4 Å². The van der Waals surface area contributed by atoms with E-state index in [1.54, 1.807) is 0 Å². The van der Waals surface area contributed by atoms with Crippen molar-refractivity contribution >= 4 is 15.7 Å². The maximum Gasteiger partial charge on any atom is 0.211 e. The Kier molecular flexibility index (Phi) is 6.84. The molecule has 0 spiro atoms. The van der Waals surface area contributed by atoms with Gasteiger partial charge in [-0.2, -0.15) is 0 Å². The Morgan fingerprint density at radius 2 is 1.59 bits per heavy atom. The van der Waals surface area contributed by atoms with Crippen molar-refractivity contribution in [3.05, 3.63) is 29.8 Å². The fraction of sp³-hybridized carbons (Fsp3) is 0.625. The molecule has 0 saturated carbocycles. The van der Waals surface area contributed by atoms with E-state index < -0.39 is 10.0 Å².